The predicted molar refractivity (Wildman–Crippen MR) is 151 cm³/mol. The molecule has 0 spiro atoms. The molecule has 5 rings (SSSR count). The maximum atomic E-state index is 3.02. The summed E-state index contributed by atoms with van der Waals surface area (Å²) in [7, 11) is -0.871. The Labute approximate surface area is 209 Å². The lowest BCUT2D eigenvalue weighted by molar-refractivity contribution is 0.632. The molecule has 0 bridgehead atoms. The second-order valence-electron chi connectivity index (χ2n) is 8.47. The molecular formula is C28H31NP2S2. The molecule has 1 aliphatic rings. The van der Waals surface area contributed by atoms with Crippen LogP contribution in [0.3, 0.4) is 0 Å². The van der Waals surface area contributed by atoms with E-state index >= 15 is 0 Å². The molecule has 4 aromatic rings. The first-order chi connectivity index (χ1) is 16.4. The van der Waals surface area contributed by atoms with Gasteiger partial charge >= 0.3 is 0 Å². The molecule has 3 heterocycles. The number of unbranched alkanes of at least 4 members (excludes halogenated alkanes) is 1. The minimum Gasteiger partial charge on any atom is -0.250 e. The SMILES string of the molecule is CCCCN(P(c1cccs1)c1cccs1)P1[C@@H](c2ccccc2)CC[C@@H]1c1ccccc1. The average Bonchev–Trinajstić information content (AvgIpc) is 3.65. The van der Waals surface area contributed by atoms with Crippen molar-refractivity contribution in [3.63, 3.8) is 0 Å². The van der Waals surface area contributed by atoms with Gasteiger partial charge in [-0.2, -0.15) is 0 Å². The van der Waals surface area contributed by atoms with E-state index in [1.165, 1.54) is 43.4 Å². The van der Waals surface area contributed by atoms with Crippen LogP contribution in [0.4, 0.5) is 0 Å². The second-order valence-corrected chi connectivity index (χ2v) is 15.8. The molecule has 0 saturated carbocycles. The molecule has 1 saturated heterocycles. The summed E-state index contributed by atoms with van der Waals surface area (Å²) in [5, 5.41) is 4.53. The van der Waals surface area contributed by atoms with Crippen LogP contribution in [-0.2, 0) is 0 Å². The van der Waals surface area contributed by atoms with Crippen LogP contribution in [0.15, 0.2) is 95.7 Å². The van der Waals surface area contributed by atoms with Gasteiger partial charge in [0.15, 0.2) is 0 Å². The normalized spacial score (nSPS) is 19.0. The fourth-order valence-electron chi connectivity index (χ4n) is 4.84. The van der Waals surface area contributed by atoms with Crippen LogP contribution in [0.5, 0.6) is 0 Å². The van der Waals surface area contributed by atoms with Crippen molar-refractivity contribution in [3.8, 4) is 0 Å². The fraction of sp³-hybridized carbons (Fsp3) is 0.286. The Hall–Kier alpha value is -1.34. The summed E-state index contributed by atoms with van der Waals surface area (Å²) in [6.07, 6.45) is 5.08. The Morgan fingerprint density at radius 2 is 1.27 bits per heavy atom. The highest BCUT2D eigenvalue weighted by molar-refractivity contribution is 7.85. The molecule has 2 aromatic heterocycles. The third kappa shape index (κ3) is 5.19. The lowest BCUT2D eigenvalue weighted by Crippen LogP contribution is -2.25. The van der Waals surface area contributed by atoms with E-state index in [1.807, 2.05) is 22.7 Å². The summed E-state index contributed by atoms with van der Waals surface area (Å²) >= 11 is 3.90. The first kappa shape index (κ1) is 23.4. The van der Waals surface area contributed by atoms with Crippen LogP contribution < -0.4 is 9.24 Å². The molecule has 0 unspecified atom stereocenters. The zero-order valence-electron chi connectivity index (χ0n) is 19.1. The number of rotatable bonds is 9. The lowest BCUT2D eigenvalue weighted by Gasteiger charge is -2.41. The van der Waals surface area contributed by atoms with Crippen LogP contribution >= 0.6 is 38.8 Å². The van der Waals surface area contributed by atoms with Crippen molar-refractivity contribution in [3.05, 3.63) is 107 Å². The largest absolute Gasteiger partial charge is 0.250 e. The Bertz CT molecular complexity index is 1000. The quantitative estimate of drug-likeness (QED) is 0.204. The van der Waals surface area contributed by atoms with Gasteiger partial charge in [-0.1, -0.05) is 86.1 Å². The Morgan fingerprint density at radius 1 is 0.758 bits per heavy atom. The van der Waals surface area contributed by atoms with E-state index in [2.05, 4.69) is 107 Å². The van der Waals surface area contributed by atoms with Crippen molar-refractivity contribution in [1.29, 1.82) is 0 Å². The summed E-state index contributed by atoms with van der Waals surface area (Å²) in [6, 6.07) is 32.0. The summed E-state index contributed by atoms with van der Waals surface area (Å²) in [5.41, 5.74) is 4.34. The first-order valence-corrected chi connectivity index (χ1v) is 16.4. The molecule has 5 heteroatoms. The molecule has 0 amide bonds. The van der Waals surface area contributed by atoms with Gasteiger partial charge < -0.3 is 0 Å². The second kappa shape index (κ2) is 11.4. The van der Waals surface area contributed by atoms with Crippen LogP contribution in [0.2, 0.25) is 0 Å². The number of thiophene rings is 2. The Balaban J connectivity index is 1.63. The van der Waals surface area contributed by atoms with E-state index < -0.39 is 8.07 Å². The minimum absolute atomic E-state index is 0.373. The van der Waals surface area contributed by atoms with Crippen molar-refractivity contribution < 1.29 is 0 Å². The van der Waals surface area contributed by atoms with Gasteiger partial charge in [0, 0.05) is 27.1 Å². The first-order valence-electron chi connectivity index (χ1n) is 11.9. The third-order valence-corrected chi connectivity index (χ3v) is 15.4. The van der Waals surface area contributed by atoms with Gasteiger partial charge in [0.25, 0.3) is 0 Å². The van der Waals surface area contributed by atoms with Gasteiger partial charge in [0.05, 0.1) is 8.07 Å². The van der Waals surface area contributed by atoms with Gasteiger partial charge in [-0.05, 0) is 61.4 Å². The molecule has 0 N–H and O–H groups in total. The van der Waals surface area contributed by atoms with Crippen molar-refractivity contribution in [2.45, 2.75) is 43.9 Å². The standard InChI is InChI=1S/C28H31NP2S2/c1-2-3-20-29(31(27-16-10-21-32-27)28-17-11-22-33-28)30-25(23-12-6-4-7-13-23)18-19-26(30)24-14-8-5-9-15-24/h4-17,21-22,25-26H,2-3,18-20H2,1H3/t25-,26-/m1/s1. The van der Waals surface area contributed by atoms with Crippen LogP contribution in [0.25, 0.3) is 0 Å². The Morgan fingerprint density at radius 3 is 1.70 bits per heavy atom. The van der Waals surface area contributed by atoms with Crippen molar-refractivity contribution in [1.82, 2.24) is 4.44 Å². The monoisotopic (exact) mass is 507 g/mol. The predicted octanol–water partition coefficient (Wildman–Crippen LogP) is 8.93. The van der Waals surface area contributed by atoms with Crippen LogP contribution in [0, 0.1) is 0 Å². The van der Waals surface area contributed by atoms with Gasteiger partial charge in [0.1, 0.15) is 0 Å². The van der Waals surface area contributed by atoms with Gasteiger partial charge in [0.2, 0.25) is 0 Å². The van der Waals surface area contributed by atoms with Crippen molar-refractivity contribution >= 4 is 48.1 Å². The molecule has 170 valence electrons. The molecule has 1 fully saturated rings. The van der Waals surface area contributed by atoms with Gasteiger partial charge in [-0.15, -0.1) is 22.7 Å². The molecule has 33 heavy (non-hydrogen) atoms. The molecule has 0 radical (unpaired) electrons. The van der Waals surface area contributed by atoms with E-state index in [1.54, 1.807) is 9.24 Å². The number of benzene rings is 2. The summed E-state index contributed by atoms with van der Waals surface area (Å²) in [4.78, 5) is 0. The maximum Gasteiger partial charge on any atom is 0.0526 e. The molecule has 1 aliphatic heterocycles. The topological polar surface area (TPSA) is 3.24 Å². The Kier molecular flexibility index (Phi) is 8.08. The van der Waals surface area contributed by atoms with Crippen LogP contribution in [0.1, 0.15) is 55.1 Å². The van der Waals surface area contributed by atoms with Gasteiger partial charge in [-0.25, -0.2) is 0 Å². The van der Waals surface area contributed by atoms with E-state index in [0.29, 0.717) is 11.3 Å². The molecule has 0 aliphatic carbocycles. The molecular weight excluding hydrogens is 476 g/mol. The summed E-state index contributed by atoms with van der Waals surface area (Å²) < 4.78 is 6.13. The number of hydrogen-bond acceptors (Lipinski definition) is 3. The lowest BCUT2D eigenvalue weighted by atomic mass is 10.0. The van der Waals surface area contributed by atoms with Crippen molar-refractivity contribution in [2.24, 2.45) is 0 Å². The van der Waals surface area contributed by atoms with E-state index in [0.717, 1.165) is 0 Å². The fourth-order valence-corrected chi connectivity index (χ4v) is 15.5. The highest BCUT2D eigenvalue weighted by Gasteiger charge is 2.44. The zero-order valence-corrected chi connectivity index (χ0v) is 22.5. The third-order valence-electron chi connectivity index (χ3n) is 6.36. The smallest absolute Gasteiger partial charge is 0.0526 e. The highest BCUT2D eigenvalue weighted by atomic mass is 32.1. The molecule has 2 aromatic carbocycles. The van der Waals surface area contributed by atoms with E-state index in [9.17, 15) is 0 Å². The van der Waals surface area contributed by atoms with E-state index in [-0.39, 0.29) is 8.07 Å². The average molecular weight is 508 g/mol. The highest BCUT2D eigenvalue weighted by Crippen LogP contribution is 2.76. The number of hydrogen-bond donors (Lipinski definition) is 0. The van der Waals surface area contributed by atoms with Crippen molar-refractivity contribution in [2.75, 3.05) is 6.54 Å². The minimum atomic E-state index is -0.498. The van der Waals surface area contributed by atoms with E-state index in [4.69, 9.17) is 0 Å². The zero-order chi connectivity index (χ0) is 22.5. The summed E-state index contributed by atoms with van der Waals surface area (Å²) in [6.45, 7) is 3.53. The van der Waals surface area contributed by atoms with Gasteiger partial charge in [-0.3, -0.25) is 4.44 Å². The number of nitrogens with zero attached hydrogens (tertiary/aromatic N) is 1. The molecule has 2 atom stereocenters. The van der Waals surface area contributed by atoms with Crippen LogP contribution in [-0.4, -0.2) is 11.0 Å². The maximum absolute atomic E-state index is 3.02. The summed E-state index contributed by atoms with van der Waals surface area (Å²) in [5.74, 6) is 0. The molecule has 1 nitrogen and oxygen atoms in total.